The molecule has 0 aliphatic carbocycles. The van der Waals surface area contributed by atoms with E-state index < -0.39 is 0 Å². The van der Waals surface area contributed by atoms with Crippen LogP contribution in [0.3, 0.4) is 0 Å². The van der Waals surface area contributed by atoms with Gasteiger partial charge >= 0.3 is 0 Å². The fourth-order valence-electron chi connectivity index (χ4n) is 1.69. The minimum Gasteiger partial charge on any atom is -0.366 e. The monoisotopic (exact) mass is 202 g/mol. The van der Waals surface area contributed by atoms with Crippen molar-refractivity contribution in [2.45, 2.75) is 63.1 Å². The maximum atomic E-state index is 5.73. The quantitative estimate of drug-likeness (QED) is 0.605. The van der Waals surface area contributed by atoms with Crippen LogP contribution in [0.1, 0.15) is 52.4 Å². The molecule has 1 aliphatic rings. The van der Waals surface area contributed by atoms with Crippen LogP contribution in [0.2, 0.25) is 0 Å². The van der Waals surface area contributed by atoms with E-state index in [0.29, 0.717) is 5.44 Å². The molecule has 13 heavy (non-hydrogen) atoms. The second-order valence-corrected chi connectivity index (χ2v) is 5.27. The molecule has 1 rings (SSSR count). The van der Waals surface area contributed by atoms with E-state index in [1.54, 1.807) is 0 Å². The Morgan fingerprint density at radius 3 is 2.69 bits per heavy atom. The minimum absolute atomic E-state index is 0.517. The van der Waals surface area contributed by atoms with Gasteiger partial charge in [-0.25, -0.2) is 0 Å². The lowest BCUT2D eigenvalue weighted by atomic mass is 10.2. The highest BCUT2D eigenvalue weighted by atomic mass is 32.2. The summed E-state index contributed by atoms with van der Waals surface area (Å²) >= 11 is 2.06. The van der Waals surface area contributed by atoms with Gasteiger partial charge in [-0.15, -0.1) is 11.8 Å². The smallest absolute Gasteiger partial charge is 0.103 e. The van der Waals surface area contributed by atoms with Crippen LogP contribution in [0.25, 0.3) is 0 Å². The second-order valence-electron chi connectivity index (χ2n) is 3.81. The molecule has 0 saturated carbocycles. The van der Waals surface area contributed by atoms with Crippen LogP contribution in [0.5, 0.6) is 0 Å². The van der Waals surface area contributed by atoms with Crippen LogP contribution in [-0.4, -0.2) is 17.3 Å². The Morgan fingerprint density at radius 1 is 1.15 bits per heavy atom. The molecule has 1 fully saturated rings. The first-order valence-corrected chi connectivity index (χ1v) is 6.58. The first-order chi connectivity index (χ1) is 6.36. The number of hydrogen-bond acceptors (Lipinski definition) is 2. The molecule has 0 amide bonds. The molecule has 0 radical (unpaired) electrons. The summed E-state index contributed by atoms with van der Waals surface area (Å²) in [5, 5.41) is 0.789. The molecule has 0 N–H and O–H groups in total. The van der Waals surface area contributed by atoms with Gasteiger partial charge in [-0.05, 0) is 12.8 Å². The molecule has 0 bridgehead atoms. The molecule has 0 aromatic heterocycles. The van der Waals surface area contributed by atoms with Crippen LogP contribution in [0, 0.1) is 0 Å². The molecule has 0 aromatic carbocycles. The molecule has 0 unspecified atom stereocenters. The van der Waals surface area contributed by atoms with E-state index >= 15 is 0 Å². The fraction of sp³-hybridized carbons (Fsp3) is 1.00. The standard InChI is InChI=1S/C11H22OS/c1-3-5-6-8-11-12-9-10(13-11)7-4-2/h10-11H,3-9H2,1-2H3/t10-,11-/m1/s1. The fourth-order valence-corrected chi connectivity index (χ4v) is 3.11. The van der Waals surface area contributed by atoms with Crippen molar-refractivity contribution in [2.75, 3.05) is 6.61 Å². The van der Waals surface area contributed by atoms with Crippen molar-refractivity contribution in [1.29, 1.82) is 0 Å². The molecule has 0 aromatic rings. The van der Waals surface area contributed by atoms with E-state index in [-0.39, 0.29) is 0 Å². The van der Waals surface area contributed by atoms with Gasteiger partial charge in [0.2, 0.25) is 0 Å². The average Bonchev–Trinajstić information content (AvgIpc) is 2.54. The third kappa shape index (κ3) is 4.37. The van der Waals surface area contributed by atoms with E-state index in [9.17, 15) is 0 Å². The molecular formula is C11H22OS. The van der Waals surface area contributed by atoms with Crippen molar-refractivity contribution in [1.82, 2.24) is 0 Å². The molecule has 1 nitrogen and oxygen atoms in total. The summed E-state index contributed by atoms with van der Waals surface area (Å²) in [6, 6.07) is 0. The highest BCUT2D eigenvalue weighted by Gasteiger charge is 2.24. The molecule has 1 saturated heterocycles. The summed E-state index contributed by atoms with van der Waals surface area (Å²) in [7, 11) is 0. The molecule has 2 heteroatoms. The van der Waals surface area contributed by atoms with E-state index in [2.05, 4.69) is 25.6 Å². The van der Waals surface area contributed by atoms with Crippen LogP contribution in [-0.2, 0) is 4.74 Å². The Hall–Kier alpha value is 0.310. The minimum atomic E-state index is 0.517. The van der Waals surface area contributed by atoms with Gasteiger partial charge in [-0.3, -0.25) is 0 Å². The molecule has 2 atom stereocenters. The van der Waals surface area contributed by atoms with E-state index in [1.807, 2.05) is 0 Å². The first kappa shape index (κ1) is 11.4. The predicted octanol–water partition coefficient (Wildman–Crippen LogP) is 3.82. The Morgan fingerprint density at radius 2 is 2.00 bits per heavy atom. The second kappa shape index (κ2) is 6.72. The maximum absolute atomic E-state index is 5.73. The van der Waals surface area contributed by atoms with Crippen LogP contribution in [0.4, 0.5) is 0 Å². The van der Waals surface area contributed by atoms with Crippen molar-refractivity contribution in [3.8, 4) is 0 Å². The Labute approximate surface area is 86.6 Å². The lowest BCUT2D eigenvalue weighted by Gasteiger charge is -2.07. The summed E-state index contributed by atoms with van der Waals surface area (Å²) in [6.07, 6.45) is 7.90. The number of unbranched alkanes of at least 4 members (excludes halogenated alkanes) is 2. The van der Waals surface area contributed by atoms with E-state index in [1.165, 1.54) is 38.5 Å². The first-order valence-electron chi connectivity index (χ1n) is 5.63. The summed E-state index contributed by atoms with van der Waals surface area (Å²) in [4.78, 5) is 0. The van der Waals surface area contributed by atoms with Gasteiger partial charge < -0.3 is 4.74 Å². The SMILES string of the molecule is CCCCC[C@@H]1OC[C@@H](CCC)S1. The summed E-state index contributed by atoms with van der Waals surface area (Å²) in [5.41, 5.74) is 0.517. The van der Waals surface area contributed by atoms with Crippen molar-refractivity contribution in [3.63, 3.8) is 0 Å². The van der Waals surface area contributed by atoms with E-state index in [4.69, 9.17) is 4.74 Å². The predicted molar refractivity (Wildman–Crippen MR) is 60.2 cm³/mol. The van der Waals surface area contributed by atoms with Gasteiger partial charge in [0.25, 0.3) is 0 Å². The largest absolute Gasteiger partial charge is 0.366 e. The van der Waals surface area contributed by atoms with Crippen LogP contribution in [0.15, 0.2) is 0 Å². The van der Waals surface area contributed by atoms with Crippen molar-refractivity contribution >= 4 is 11.8 Å². The molecular weight excluding hydrogens is 180 g/mol. The third-order valence-electron chi connectivity index (χ3n) is 2.47. The zero-order chi connectivity index (χ0) is 9.52. The summed E-state index contributed by atoms with van der Waals surface area (Å²) in [5.74, 6) is 0. The lowest BCUT2D eigenvalue weighted by molar-refractivity contribution is 0.124. The highest BCUT2D eigenvalue weighted by Crippen LogP contribution is 2.33. The Balaban J connectivity index is 2.03. The van der Waals surface area contributed by atoms with Gasteiger partial charge in [-0.1, -0.05) is 39.5 Å². The Kier molecular flexibility index (Phi) is 5.88. The van der Waals surface area contributed by atoms with Crippen LogP contribution >= 0.6 is 11.8 Å². The van der Waals surface area contributed by atoms with Gasteiger partial charge in [0.1, 0.15) is 5.44 Å². The zero-order valence-corrected chi connectivity index (χ0v) is 9.74. The Bertz CT molecular complexity index is 127. The molecule has 1 heterocycles. The maximum Gasteiger partial charge on any atom is 0.103 e. The average molecular weight is 202 g/mol. The van der Waals surface area contributed by atoms with Gasteiger partial charge in [0, 0.05) is 5.25 Å². The summed E-state index contributed by atoms with van der Waals surface area (Å²) in [6.45, 7) is 5.50. The number of thioether (sulfide) groups is 1. The summed E-state index contributed by atoms with van der Waals surface area (Å²) < 4.78 is 5.73. The topological polar surface area (TPSA) is 9.23 Å². The van der Waals surface area contributed by atoms with Gasteiger partial charge in [-0.2, -0.15) is 0 Å². The van der Waals surface area contributed by atoms with Crippen LogP contribution < -0.4 is 0 Å². The number of hydrogen-bond donors (Lipinski definition) is 0. The van der Waals surface area contributed by atoms with E-state index in [0.717, 1.165) is 11.9 Å². The number of rotatable bonds is 6. The van der Waals surface area contributed by atoms with Gasteiger partial charge in [0.05, 0.1) is 6.61 Å². The van der Waals surface area contributed by atoms with Crippen molar-refractivity contribution in [2.24, 2.45) is 0 Å². The molecule has 1 aliphatic heterocycles. The molecule has 0 spiro atoms. The van der Waals surface area contributed by atoms with Gasteiger partial charge in [0.15, 0.2) is 0 Å². The van der Waals surface area contributed by atoms with Crippen molar-refractivity contribution < 1.29 is 4.74 Å². The highest BCUT2D eigenvalue weighted by molar-refractivity contribution is 8.00. The zero-order valence-electron chi connectivity index (χ0n) is 8.92. The molecule has 78 valence electrons. The normalized spacial score (nSPS) is 28.2. The number of ether oxygens (including phenoxy) is 1. The lowest BCUT2D eigenvalue weighted by Crippen LogP contribution is -2.01. The third-order valence-corrected chi connectivity index (χ3v) is 3.90. The van der Waals surface area contributed by atoms with Crippen molar-refractivity contribution in [3.05, 3.63) is 0 Å².